The molecule has 1 heterocycles. The van der Waals surface area contributed by atoms with E-state index >= 15 is 0 Å². The van der Waals surface area contributed by atoms with Gasteiger partial charge < -0.3 is 19.5 Å². The van der Waals surface area contributed by atoms with Gasteiger partial charge in [-0.05, 0) is 55.7 Å². The van der Waals surface area contributed by atoms with E-state index in [4.69, 9.17) is 17.0 Å². The fourth-order valence-corrected chi connectivity index (χ4v) is 5.09. The second-order valence-electron chi connectivity index (χ2n) is 8.36. The fourth-order valence-electron chi connectivity index (χ4n) is 4.77. The number of ether oxygens (including phenoxy) is 1. The van der Waals surface area contributed by atoms with Gasteiger partial charge in [-0.25, -0.2) is 0 Å². The third kappa shape index (κ3) is 4.87. The molecule has 1 aliphatic carbocycles. The Bertz CT molecular complexity index is 1020. The van der Waals surface area contributed by atoms with E-state index in [1.807, 2.05) is 24.3 Å². The summed E-state index contributed by atoms with van der Waals surface area (Å²) in [4.78, 5) is 2.43. The third-order valence-corrected chi connectivity index (χ3v) is 6.76. The standard InChI is InChI=1S/C26H33N3OS/c1-3-28-18-20(22-14-8-10-16-24(22)28)19-29(21-12-6-4-5-7-13-21)26(31)27-23-15-9-11-17-25(23)30-2/h8-11,14-18,21H,3-7,12-13,19H2,1-2H3,(H,27,31). The first-order chi connectivity index (χ1) is 15.2. The van der Waals surface area contributed by atoms with Gasteiger partial charge in [0.05, 0.1) is 12.8 Å². The Balaban J connectivity index is 1.65. The highest BCUT2D eigenvalue weighted by atomic mass is 32.1. The topological polar surface area (TPSA) is 29.4 Å². The van der Waals surface area contributed by atoms with E-state index in [2.05, 4.69) is 52.2 Å². The zero-order valence-corrected chi connectivity index (χ0v) is 19.5. The molecule has 0 atom stereocenters. The summed E-state index contributed by atoms with van der Waals surface area (Å²) in [5.41, 5.74) is 3.56. The predicted molar refractivity (Wildman–Crippen MR) is 134 cm³/mol. The Morgan fingerprint density at radius 3 is 2.52 bits per heavy atom. The molecule has 0 spiro atoms. The molecule has 0 amide bonds. The summed E-state index contributed by atoms with van der Waals surface area (Å²) in [5, 5.41) is 5.60. The summed E-state index contributed by atoms with van der Waals surface area (Å²) >= 11 is 6.00. The first-order valence-corrected chi connectivity index (χ1v) is 11.9. The van der Waals surface area contributed by atoms with Crippen LogP contribution in [-0.4, -0.2) is 27.7 Å². The van der Waals surface area contributed by atoms with Crippen LogP contribution in [0.1, 0.15) is 51.0 Å². The number of hydrogen-bond donors (Lipinski definition) is 1. The van der Waals surface area contributed by atoms with Crippen molar-refractivity contribution in [1.82, 2.24) is 9.47 Å². The van der Waals surface area contributed by atoms with Crippen LogP contribution in [0.5, 0.6) is 5.75 Å². The minimum atomic E-state index is 0.459. The maximum absolute atomic E-state index is 6.00. The molecular formula is C26H33N3OS. The van der Waals surface area contributed by atoms with Crippen LogP contribution in [0.25, 0.3) is 10.9 Å². The van der Waals surface area contributed by atoms with Gasteiger partial charge in [0.2, 0.25) is 0 Å². The first-order valence-electron chi connectivity index (χ1n) is 11.5. The van der Waals surface area contributed by atoms with Gasteiger partial charge in [-0.3, -0.25) is 0 Å². The van der Waals surface area contributed by atoms with E-state index < -0.39 is 0 Å². The SMILES string of the molecule is CCn1cc(CN(C(=S)Nc2ccccc2OC)C2CCCCCC2)c2ccccc21. The van der Waals surface area contributed by atoms with Crippen LogP contribution in [-0.2, 0) is 13.1 Å². The van der Waals surface area contributed by atoms with Crippen molar-refractivity contribution < 1.29 is 4.74 Å². The number of thiocarbonyl (C=S) groups is 1. The molecule has 1 aliphatic rings. The van der Waals surface area contributed by atoms with E-state index in [0.29, 0.717) is 6.04 Å². The molecule has 164 valence electrons. The number of nitrogens with one attached hydrogen (secondary N) is 1. The summed E-state index contributed by atoms with van der Waals surface area (Å²) < 4.78 is 7.88. The Morgan fingerprint density at radius 2 is 1.77 bits per heavy atom. The van der Waals surface area contributed by atoms with Gasteiger partial charge in [-0.15, -0.1) is 0 Å². The lowest BCUT2D eigenvalue weighted by Crippen LogP contribution is -2.42. The lowest BCUT2D eigenvalue weighted by Gasteiger charge is -2.34. The number of fused-ring (bicyclic) bond motifs is 1. The zero-order chi connectivity index (χ0) is 21.6. The molecule has 0 saturated heterocycles. The zero-order valence-electron chi connectivity index (χ0n) is 18.6. The molecule has 31 heavy (non-hydrogen) atoms. The number of anilines is 1. The van der Waals surface area contributed by atoms with Crippen molar-refractivity contribution in [2.75, 3.05) is 12.4 Å². The van der Waals surface area contributed by atoms with Crippen LogP contribution >= 0.6 is 12.2 Å². The minimum absolute atomic E-state index is 0.459. The predicted octanol–water partition coefficient (Wildman–Crippen LogP) is 6.59. The summed E-state index contributed by atoms with van der Waals surface area (Å²) in [7, 11) is 1.70. The molecule has 2 aromatic carbocycles. The minimum Gasteiger partial charge on any atom is -0.495 e. The largest absolute Gasteiger partial charge is 0.495 e. The average Bonchev–Trinajstić information content (AvgIpc) is 2.95. The molecule has 1 fully saturated rings. The van der Waals surface area contributed by atoms with E-state index in [1.165, 1.54) is 55.0 Å². The van der Waals surface area contributed by atoms with Gasteiger partial charge >= 0.3 is 0 Å². The second kappa shape index (κ2) is 10.2. The third-order valence-electron chi connectivity index (χ3n) is 6.43. The van der Waals surface area contributed by atoms with E-state index in [9.17, 15) is 0 Å². The van der Waals surface area contributed by atoms with Crippen molar-refractivity contribution >= 4 is 33.9 Å². The van der Waals surface area contributed by atoms with E-state index in [0.717, 1.165) is 29.6 Å². The van der Waals surface area contributed by atoms with Crippen molar-refractivity contribution in [3.63, 3.8) is 0 Å². The summed E-state index contributed by atoms with van der Waals surface area (Å²) in [5.74, 6) is 0.813. The lowest BCUT2D eigenvalue weighted by molar-refractivity contribution is 0.280. The van der Waals surface area contributed by atoms with Crippen LogP contribution in [0.4, 0.5) is 5.69 Å². The summed E-state index contributed by atoms with van der Waals surface area (Å²) in [6.45, 7) is 3.99. The normalized spacial score (nSPS) is 14.9. The van der Waals surface area contributed by atoms with Crippen LogP contribution in [0.2, 0.25) is 0 Å². The van der Waals surface area contributed by atoms with E-state index in [-0.39, 0.29) is 0 Å². The smallest absolute Gasteiger partial charge is 0.174 e. The van der Waals surface area contributed by atoms with Gasteiger partial charge in [0, 0.05) is 36.2 Å². The number of hydrogen-bond acceptors (Lipinski definition) is 2. The number of benzene rings is 2. The van der Waals surface area contributed by atoms with Crippen molar-refractivity contribution in [3.05, 3.63) is 60.3 Å². The van der Waals surface area contributed by atoms with Gasteiger partial charge in [-0.1, -0.05) is 56.0 Å². The highest BCUT2D eigenvalue weighted by Crippen LogP contribution is 2.29. The van der Waals surface area contributed by atoms with Gasteiger partial charge in [0.1, 0.15) is 5.75 Å². The first kappa shape index (κ1) is 21.7. The maximum Gasteiger partial charge on any atom is 0.174 e. The van der Waals surface area contributed by atoms with Gasteiger partial charge in [0.25, 0.3) is 0 Å². The van der Waals surface area contributed by atoms with Crippen molar-refractivity contribution in [2.45, 2.75) is 64.6 Å². The van der Waals surface area contributed by atoms with Crippen LogP contribution in [0, 0.1) is 0 Å². The van der Waals surface area contributed by atoms with E-state index in [1.54, 1.807) is 7.11 Å². The molecule has 0 radical (unpaired) electrons. The number of rotatable bonds is 6. The number of aryl methyl sites for hydroxylation is 1. The molecule has 3 aromatic rings. The van der Waals surface area contributed by atoms with Crippen LogP contribution in [0.15, 0.2) is 54.7 Å². The van der Waals surface area contributed by atoms with Gasteiger partial charge in [-0.2, -0.15) is 0 Å². The highest BCUT2D eigenvalue weighted by molar-refractivity contribution is 7.80. The second-order valence-corrected chi connectivity index (χ2v) is 8.75. The number of aromatic nitrogens is 1. The monoisotopic (exact) mass is 435 g/mol. The van der Waals surface area contributed by atoms with Crippen molar-refractivity contribution in [1.29, 1.82) is 0 Å². The maximum atomic E-state index is 6.00. The molecule has 0 bridgehead atoms. The fraction of sp³-hybridized carbons (Fsp3) is 0.423. The molecular weight excluding hydrogens is 402 g/mol. The molecule has 1 N–H and O–H groups in total. The molecule has 1 aromatic heterocycles. The lowest BCUT2D eigenvalue weighted by atomic mass is 10.1. The van der Waals surface area contributed by atoms with Crippen LogP contribution in [0.3, 0.4) is 0 Å². The Kier molecular flexibility index (Phi) is 7.13. The molecule has 0 unspecified atom stereocenters. The Morgan fingerprint density at radius 1 is 1.06 bits per heavy atom. The van der Waals surface area contributed by atoms with Gasteiger partial charge in [0.15, 0.2) is 5.11 Å². The quantitative estimate of drug-likeness (QED) is 0.349. The summed E-state index contributed by atoms with van der Waals surface area (Å²) in [6, 6.07) is 17.1. The van der Waals surface area contributed by atoms with Crippen LogP contribution < -0.4 is 10.1 Å². The highest BCUT2D eigenvalue weighted by Gasteiger charge is 2.24. The van der Waals surface area contributed by atoms with Crippen molar-refractivity contribution in [3.8, 4) is 5.75 Å². The summed E-state index contributed by atoms with van der Waals surface area (Å²) in [6.07, 6.45) is 9.89. The van der Waals surface area contributed by atoms with Crippen molar-refractivity contribution in [2.24, 2.45) is 0 Å². The molecule has 4 nitrogen and oxygen atoms in total. The average molecular weight is 436 g/mol. The number of para-hydroxylation sites is 3. The molecule has 4 rings (SSSR count). The number of nitrogens with zero attached hydrogens (tertiary/aromatic N) is 2. The number of methoxy groups -OCH3 is 1. The Labute approximate surface area is 191 Å². The molecule has 1 saturated carbocycles. The Hall–Kier alpha value is -2.53. The molecule has 5 heteroatoms. The molecule has 0 aliphatic heterocycles.